The van der Waals surface area contributed by atoms with Crippen molar-refractivity contribution in [2.24, 2.45) is 0 Å². The van der Waals surface area contributed by atoms with E-state index in [2.05, 4.69) is 6.92 Å². The second kappa shape index (κ2) is 11.5. The lowest BCUT2D eigenvalue weighted by Crippen LogP contribution is -2.09. The molecule has 3 nitrogen and oxygen atoms in total. The van der Waals surface area contributed by atoms with Crippen molar-refractivity contribution in [2.75, 3.05) is 6.61 Å². The van der Waals surface area contributed by atoms with E-state index in [1.165, 1.54) is 0 Å². The van der Waals surface area contributed by atoms with E-state index in [4.69, 9.17) is 9.47 Å². The number of hydrogen-bond donors (Lipinski definition) is 0. The number of carbonyl (C=O) groups excluding carboxylic acids is 1. The molecular formula is C23H27F3O3. The zero-order valence-electron chi connectivity index (χ0n) is 16.6. The topological polar surface area (TPSA) is 35.5 Å². The molecule has 29 heavy (non-hydrogen) atoms. The fourth-order valence-electron chi connectivity index (χ4n) is 2.80. The summed E-state index contributed by atoms with van der Waals surface area (Å²) in [6, 6.07) is 14.4. The Hall–Kier alpha value is -2.50. The second-order valence-corrected chi connectivity index (χ2v) is 6.90. The standard InChI is InChI=1S/C23H27F3O3/c1-2-3-4-5-7-22(27)29-21-14-10-19(11-15-21)18-8-12-20(13-9-18)28-17-6-16-23(24,25)26/h8-15H,2-7,16-17H2,1H3. The molecule has 0 saturated carbocycles. The Labute approximate surface area is 169 Å². The Morgan fingerprint density at radius 2 is 1.41 bits per heavy atom. The monoisotopic (exact) mass is 408 g/mol. The molecule has 6 heteroatoms. The molecule has 158 valence electrons. The first-order valence-corrected chi connectivity index (χ1v) is 9.98. The van der Waals surface area contributed by atoms with Gasteiger partial charge in [-0.05, 0) is 48.2 Å². The summed E-state index contributed by atoms with van der Waals surface area (Å²) in [6.45, 7) is 2.15. The Kier molecular flexibility index (Phi) is 9.03. The smallest absolute Gasteiger partial charge is 0.389 e. The van der Waals surface area contributed by atoms with Crippen molar-refractivity contribution in [1.82, 2.24) is 0 Å². The molecule has 0 unspecified atom stereocenters. The number of ether oxygens (including phenoxy) is 2. The lowest BCUT2D eigenvalue weighted by Gasteiger charge is -2.09. The van der Waals surface area contributed by atoms with Gasteiger partial charge in [0.15, 0.2) is 0 Å². The van der Waals surface area contributed by atoms with Crippen LogP contribution >= 0.6 is 0 Å². The Morgan fingerprint density at radius 1 is 0.828 bits per heavy atom. The van der Waals surface area contributed by atoms with Crippen molar-refractivity contribution in [3.63, 3.8) is 0 Å². The van der Waals surface area contributed by atoms with Gasteiger partial charge in [0, 0.05) is 12.8 Å². The van der Waals surface area contributed by atoms with E-state index in [1.54, 1.807) is 24.3 Å². The maximum atomic E-state index is 12.1. The first-order chi connectivity index (χ1) is 13.9. The summed E-state index contributed by atoms with van der Waals surface area (Å²) in [5, 5.41) is 0. The van der Waals surface area contributed by atoms with Crippen LogP contribution in [0, 0.1) is 0 Å². The van der Waals surface area contributed by atoms with Gasteiger partial charge in [0.1, 0.15) is 11.5 Å². The number of halogens is 3. The van der Waals surface area contributed by atoms with Crippen LogP contribution < -0.4 is 9.47 Å². The second-order valence-electron chi connectivity index (χ2n) is 6.90. The molecule has 0 atom stereocenters. The molecule has 0 heterocycles. The van der Waals surface area contributed by atoms with Crippen molar-refractivity contribution in [1.29, 1.82) is 0 Å². The van der Waals surface area contributed by atoms with Crippen LogP contribution in [0.2, 0.25) is 0 Å². The van der Waals surface area contributed by atoms with E-state index >= 15 is 0 Å². The summed E-state index contributed by atoms with van der Waals surface area (Å²) in [5.41, 5.74) is 1.88. The van der Waals surface area contributed by atoms with Gasteiger partial charge in [-0.3, -0.25) is 4.79 Å². The maximum absolute atomic E-state index is 12.1. The molecule has 0 aliphatic carbocycles. The van der Waals surface area contributed by atoms with Crippen molar-refractivity contribution >= 4 is 5.97 Å². The molecule has 0 N–H and O–H groups in total. The minimum Gasteiger partial charge on any atom is -0.494 e. The minimum atomic E-state index is -4.15. The molecule has 0 aliphatic heterocycles. The molecule has 0 spiro atoms. The van der Waals surface area contributed by atoms with Gasteiger partial charge in [0.2, 0.25) is 0 Å². The lowest BCUT2D eigenvalue weighted by atomic mass is 10.1. The van der Waals surface area contributed by atoms with Crippen LogP contribution in [0.15, 0.2) is 48.5 Å². The number of carbonyl (C=O) groups is 1. The molecule has 0 aromatic heterocycles. The number of benzene rings is 2. The summed E-state index contributed by atoms with van der Waals surface area (Å²) >= 11 is 0. The molecule has 2 rings (SSSR count). The van der Waals surface area contributed by atoms with Crippen molar-refractivity contribution in [2.45, 2.75) is 58.0 Å². The molecule has 0 bridgehead atoms. The van der Waals surface area contributed by atoms with Gasteiger partial charge in [-0.2, -0.15) is 13.2 Å². The summed E-state index contributed by atoms with van der Waals surface area (Å²) in [4.78, 5) is 11.8. The summed E-state index contributed by atoms with van der Waals surface area (Å²) in [6.07, 6.45) is -0.511. The van der Waals surface area contributed by atoms with E-state index in [0.29, 0.717) is 17.9 Å². The number of esters is 1. The van der Waals surface area contributed by atoms with Gasteiger partial charge < -0.3 is 9.47 Å². The normalized spacial score (nSPS) is 11.3. The molecule has 2 aromatic rings. The Morgan fingerprint density at radius 3 is 1.97 bits per heavy atom. The highest BCUT2D eigenvalue weighted by atomic mass is 19.4. The van der Waals surface area contributed by atoms with E-state index in [9.17, 15) is 18.0 Å². The van der Waals surface area contributed by atoms with Crippen LogP contribution in [-0.4, -0.2) is 18.8 Å². The van der Waals surface area contributed by atoms with Crippen LogP contribution in [0.25, 0.3) is 11.1 Å². The molecule has 2 aromatic carbocycles. The fourth-order valence-corrected chi connectivity index (χ4v) is 2.80. The number of unbranched alkanes of at least 4 members (excludes halogenated alkanes) is 3. The van der Waals surface area contributed by atoms with Crippen LogP contribution in [0.1, 0.15) is 51.9 Å². The summed E-state index contributed by atoms with van der Waals surface area (Å²) in [7, 11) is 0. The fraction of sp³-hybridized carbons (Fsp3) is 0.435. The average molecular weight is 408 g/mol. The Balaban J connectivity index is 1.81. The van der Waals surface area contributed by atoms with Gasteiger partial charge >= 0.3 is 12.1 Å². The lowest BCUT2D eigenvalue weighted by molar-refractivity contribution is -0.136. The highest BCUT2D eigenvalue weighted by Crippen LogP contribution is 2.26. The van der Waals surface area contributed by atoms with E-state index in [-0.39, 0.29) is 19.0 Å². The molecule has 0 amide bonds. The average Bonchev–Trinajstić information content (AvgIpc) is 2.69. The van der Waals surface area contributed by atoms with Crippen LogP contribution in [-0.2, 0) is 4.79 Å². The number of hydrogen-bond acceptors (Lipinski definition) is 3. The Bertz CT molecular complexity index is 737. The quantitative estimate of drug-likeness (QED) is 0.229. The van der Waals surface area contributed by atoms with Crippen molar-refractivity contribution < 1.29 is 27.4 Å². The maximum Gasteiger partial charge on any atom is 0.389 e. The SMILES string of the molecule is CCCCCCC(=O)Oc1ccc(-c2ccc(OCCCC(F)(F)F)cc2)cc1. The van der Waals surface area contributed by atoms with Gasteiger partial charge in [0.25, 0.3) is 0 Å². The molecule has 0 radical (unpaired) electrons. The van der Waals surface area contributed by atoms with Gasteiger partial charge in [-0.25, -0.2) is 0 Å². The molecular weight excluding hydrogens is 381 g/mol. The van der Waals surface area contributed by atoms with Crippen LogP contribution in [0.5, 0.6) is 11.5 Å². The summed E-state index contributed by atoms with van der Waals surface area (Å²) < 4.78 is 47.1. The number of rotatable bonds is 11. The van der Waals surface area contributed by atoms with Crippen LogP contribution in [0.3, 0.4) is 0 Å². The zero-order valence-corrected chi connectivity index (χ0v) is 16.6. The third kappa shape index (κ3) is 9.03. The van der Waals surface area contributed by atoms with E-state index in [0.717, 1.165) is 36.8 Å². The minimum absolute atomic E-state index is 0.0252. The number of alkyl halides is 3. The largest absolute Gasteiger partial charge is 0.494 e. The zero-order chi connectivity index (χ0) is 21.1. The van der Waals surface area contributed by atoms with Gasteiger partial charge in [-0.1, -0.05) is 50.5 Å². The molecule has 0 saturated heterocycles. The van der Waals surface area contributed by atoms with Gasteiger partial charge in [-0.15, -0.1) is 0 Å². The van der Waals surface area contributed by atoms with Crippen molar-refractivity contribution in [3.8, 4) is 22.6 Å². The molecule has 0 fully saturated rings. The summed E-state index contributed by atoms with van der Waals surface area (Å²) in [5.74, 6) is 0.823. The highest BCUT2D eigenvalue weighted by molar-refractivity contribution is 5.73. The van der Waals surface area contributed by atoms with Gasteiger partial charge in [0.05, 0.1) is 6.61 Å². The van der Waals surface area contributed by atoms with E-state index < -0.39 is 12.6 Å². The van der Waals surface area contributed by atoms with Crippen molar-refractivity contribution in [3.05, 3.63) is 48.5 Å². The third-order valence-corrected chi connectivity index (χ3v) is 4.38. The van der Waals surface area contributed by atoms with E-state index in [1.807, 2.05) is 24.3 Å². The predicted octanol–water partition coefficient (Wildman–Crippen LogP) is 6.95. The molecule has 0 aliphatic rings. The van der Waals surface area contributed by atoms with Crippen LogP contribution in [0.4, 0.5) is 13.2 Å². The first-order valence-electron chi connectivity index (χ1n) is 9.98. The third-order valence-electron chi connectivity index (χ3n) is 4.38. The first kappa shape index (κ1) is 22.8. The highest BCUT2D eigenvalue weighted by Gasteiger charge is 2.26. The predicted molar refractivity (Wildman–Crippen MR) is 107 cm³/mol.